The number of aryl methyl sites for hydroxylation is 1. The van der Waals surface area contributed by atoms with Crippen LogP contribution in [0.1, 0.15) is 18.3 Å². The van der Waals surface area contributed by atoms with Crippen LogP contribution in [0.25, 0.3) is 11.3 Å². The van der Waals surface area contributed by atoms with Gasteiger partial charge in [-0.05, 0) is 23.6 Å². The van der Waals surface area contributed by atoms with Crippen LogP contribution in [0.2, 0.25) is 0 Å². The van der Waals surface area contributed by atoms with Crippen LogP contribution in [0.4, 0.5) is 0 Å². The maximum atomic E-state index is 5.16. The van der Waals surface area contributed by atoms with E-state index in [4.69, 9.17) is 17.0 Å². The number of benzene rings is 1. The zero-order valence-corrected chi connectivity index (χ0v) is 11.4. The summed E-state index contributed by atoms with van der Waals surface area (Å²) in [6.45, 7) is 2.58. The molecule has 4 heteroatoms. The van der Waals surface area contributed by atoms with Crippen LogP contribution < -0.4 is 0 Å². The van der Waals surface area contributed by atoms with Gasteiger partial charge in [-0.25, -0.2) is 4.98 Å². The summed E-state index contributed by atoms with van der Waals surface area (Å²) in [5.74, 6) is 0.750. The molecular formula is C14H16N2OS. The molecule has 94 valence electrons. The molecule has 3 nitrogen and oxygen atoms in total. The lowest BCUT2D eigenvalue weighted by molar-refractivity contribution is 0.177. The minimum Gasteiger partial charge on any atom is -0.377 e. The molecule has 0 atom stereocenters. The Hall–Kier alpha value is -1.52. The van der Waals surface area contributed by atoms with Crippen molar-refractivity contribution in [3.8, 4) is 11.3 Å². The normalized spacial score (nSPS) is 10.6. The summed E-state index contributed by atoms with van der Waals surface area (Å²) in [5.41, 5.74) is 3.41. The molecular weight excluding hydrogens is 244 g/mol. The van der Waals surface area contributed by atoms with E-state index in [-0.39, 0.29) is 0 Å². The number of aromatic nitrogens is 2. The summed E-state index contributed by atoms with van der Waals surface area (Å²) in [4.78, 5) is 7.45. The van der Waals surface area contributed by atoms with Gasteiger partial charge >= 0.3 is 0 Å². The van der Waals surface area contributed by atoms with E-state index in [1.54, 1.807) is 7.11 Å². The van der Waals surface area contributed by atoms with E-state index < -0.39 is 0 Å². The molecule has 2 aromatic rings. The van der Waals surface area contributed by atoms with E-state index in [2.05, 4.69) is 41.2 Å². The first-order valence-electron chi connectivity index (χ1n) is 5.91. The summed E-state index contributed by atoms with van der Waals surface area (Å²) < 4.78 is 5.65. The summed E-state index contributed by atoms with van der Waals surface area (Å²) in [5, 5.41) is 0. The summed E-state index contributed by atoms with van der Waals surface area (Å²) in [6, 6.07) is 10.3. The molecule has 0 aliphatic rings. The number of H-pyrrole nitrogens is 1. The first kappa shape index (κ1) is 12.9. The molecule has 0 saturated heterocycles. The minimum atomic E-state index is 0.435. The van der Waals surface area contributed by atoms with Gasteiger partial charge in [0.2, 0.25) is 0 Å². The van der Waals surface area contributed by atoms with Crippen molar-refractivity contribution in [3.05, 3.63) is 46.4 Å². The number of nitrogens with one attached hydrogen (secondary N) is 1. The van der Waals surface area contributed by atoms with Crippen molar-refractivity contribution in [1.29, 1.82) is 0 Å². The van der Waals surface area contributed by atoms with Gasteiger partial charge in [-0.2, -0.15) is 0 Å². The predicted octanol–water partition coefficient (Wildman–Crippen LogP) is 3.51. The van der Waals surface area contributed by atoms with Gasteiger partial charge in [0.15, 0.2) is 0 Å². The zero-order valence-electron chi connectivity index (χ0n) is 10.6. The second-order valence-electron chi connectivity index (χ2n) is 4.06. The third-order valence-electron chi connectivity index (χ3n) is 2.75. The van der Waals surface area contributed by atoms with Gasteiger partial charge in [-0.15, -0.1) is 0 Å². The van der Waals surface area contributed by atoms with Gasteiger partial charge in [-0.3, -0.25) is 0 Å². The van der Waals surface area contributed by atoms with Crippen molar-refractivity contribution >= 4 is 12.2 Å². The highest BCUT2D eigenvalue weighted by atomic mass is 32.1. The topological polar surface area (TPSA) is 37.9 Å². The number of rotatable bonds is 4. The molecule has 0 radical (unpaired) electrons. The standard InChI is InChI=1S/C14H16N2OS/c1-3-10-4-6-11(7-5-10)12-8-14(18)16-13(15-12)9-17-2/h4-8H,3,9H2,1-2H3,(H,15,16,18). The summed E-state index contributed by atoms with van der Waals surface area (Å²) >= 11 is 5.16. The van der Waals surface area contributed by atoms with Crippen molar-refractivity contribution in [2.24, 2.45) is 0 Å². The highest BCUT2D eigenvalue weighted by Crippen LogP contribution is 2.18. The lowest BCUT2D eigenvalue weighted by atomic mass is 10.1. The van der Waals surface area contributed by atoms with E-state index in [0.717, 1.165) is 23.5 Å². The Kier molecular flexibility index (Phi) is 4.23. The lowest BCUT2D eigenvalue weighted by Crippen LogP contribution is -1.98. The molecule has 0 unspecified atom stereocenters. The zero-order chi connectivity index (χ0) is 13.0. The quantitative estimate of drug-likeness (QED) is 0.855. The highest BCUT2D eigenvalue weighted by Gasteiger charge is 2.02. The predicted molar refractivity (Wildman–Crippen MR) is 74.9 cm³/mol. The summed E-state index contributed by atoms with van der Waals surface area (Å²) in [6.07, 6.45) is 1.04. The SMILES string of the molecule is CCc1ccc(-c2cc(=S)nc(COC)[nH]2)cc1. The minimum absolute atomic E-state index is 0.435. The Morgan fingerprint density at radius 3 is 2.61 bits per heavy atom. The average molecular weight is 260 g/mol. The fraction of sp³-hybridized carbons (Fsp3) is 0.286. The van der Waals surface area contributed by atoms with Crippen molar-refractivity contribution < 1.29 is 4.74 Å². The van der Waals surface area contributed by atoms with Crippen LogP contribution in [0, 0.1) is 4.64 Å². The maximum Gasteiger partial charge on any atom is 0.134 e. The van der Waals surface area contributed by atoms with Crippen molar-refractivity contribution in [2.75, 3.05) is 7.11 Å². The molecule has 0 aliphatic heterocycles. The molecule has 0 bridgehead atoms. The molecule has 0 aliphatic carbocycles. The smallest absolute Gasteiger partial charge is 0.134 e. The Morgan fingerprint density at radius 1 is 1.28 bits per heavy atom. The molecule has 1 N–H and O–H groups in total. The van der Waals surface area contributed by atoms with Crippen molar-refractivity contribution in [2.45, 2.75) is 20.0 Å². The van der Waals surface area contributed by atoms with Crippen molar-refractivity contribution in [3.63, 3.8) is 0 Å². The van der Waals surface area contributed by atoms with Crippen LogP contribution in [-0.2, 0) is 17.8 Å². The number of aromatic amines is 1. The molecule has 0 spiro atoms. The molecule has 0 saturated carbocycles. The first-order chi connectivity index (χ1) is 8.72. The van der Waals surface area contributed by atoms with Crippen molar-refractivity contribution in [1.82, 2.24) is 9.97 Å². The molecule has 0 fully saturated rings. The lowest BCUT2D eigenvalue weighted by Gasteiger charge is -2.06. The van der Waals surface area contributed by atoms with Crippen LogP contribution in [0.5, 0.6) is 0 Å². The van der Waals surface area contributed by atoms with Crippen LogP contribution in [-0.4, -0.2) is 17.1 Å². The summed E-state index contributed by atoms with van der Waals surface area (Å²) in [7, 11) is 1.64. The van der Waals surface area contributed by atoms with E-state index in [1.165, 1.54) is 5.56 Å². The Labute approximate surface area is 112 Å². The fourth-order valence-electron chi connectivity index (χ4n) is 1.79. The van der Waals surface area contributed by atoms with Gasteiger partial charge in [-0.1, -0.05) is 43.4 Å². The average Bonchev–Trinajstić information content (AvgIpc) is 2.38. The third kappa shape index (κ3) is 3.03. The molecule has 1 heterocycles. The monoisotopic (exact) mass is 260 g/mol. The molecule has 0 amide bonds. The number of nitrogens with zero attached hydrogens (tertiary/aromatic N) is 1. The van der Waals surface area contributed by atoms with Gasteiger partial charge in [0.1, 0.15) is 17.1 Å². The van der Waals surface area contributed by atoms with Gasteiger partial charge in [0, 0.05) is 12.8 Å². The van der Waals surface area contributed by atoms with Crippen LogP contribution in [0.15, 0.2) is 30.3 Å². The van der Waals surface area contributed by atoms with Crippen LogP contribution in [0.3, 0.4) is 0 Å². The van der Waals surface area contributed by atoms with Gasteiger partial charge in [0.25, 0.3) is 0 Å². The Balaban J connectivity index is 2.39. The molecule has 18 heavy (non-hydrogen) atoms. The van der Waals surface area contributed by atoms with Crippen LogP contribution >= 0.6 is 12.2 Å². The second-order valence-corrected chi connectivity index (χ2v) is 4.48. The number of methoxy groups -OCH3 is 1. The molecule has 1 aromatic carbocycles. The number of hydrogen-bond acceptors (Lipinski definition) is 3. The Bertz CT molecular complexity index is 575. The maximum absolute atomic E-state index is 5.16. The number of ether oxygens (including phenoxy) is 1. The Morgan fingerprint density at radius 2 is 2.00 bits per heavy atom. The van der Waals surface area contributed by atoms with E-state index in [0.29, 0.717) is 11.2 Å². The van der Waals surface area contributed by atoms with Gasteiger partial charge < -0.3 is 9.72 Å². The molecule has 2 rings (SSSR count). The highest BCUT2D eigenvalue weighted by molar-refractivity contribution is 7.71. The third-order valence-corrected chi connectivity index (χ3v) is 2.96. The van der Waals surface area contributed by atoms with E-state index >= 15 is 0 Å². The second kappa shape index (κ2) is 5.89. The van der Waals surface area contributed by atoms with E-state index in [9.17, 15) is 0 Å². The fourth-order valence-corrected chi connectivity index (χ4v) is 2.02. The van der Waals surface area contributed by atoms with E-state index in [1.807, 2.05) is 6.07 Å². The van der Waals surface area contributed by atoms with Gasteiger partial charge in [0.05, 0.1) is 0 Å². The number of hydrogen-bond donors (Lipinski definition) is 1. The first-order valence-corrected chi connectivity index (χ1v) is 6.32. The molecule has 1 aromatic heterocycles. The largest absolute Gasteiger partial charge is 0.377 e.